The lowest BCUT2D eigenvalue weighted by Crippen LogP contribution is -2.25. The Balaban J connectivity index is 2.49. The van der Waals surface area contributed by atoms with Gasteiger partial charge in [0.15, 0.2) is 0 Å². The van der Waals surface area contributed by atoms with Crippen molar-refractivity contribution in [2.75, 3.05) is 13.1 Å². The first-order valence-corrected chi connectivity index (χ1v) is 4.10. The van der Waals surface area contributed by atoms with Gasteiger partial charge in [-0.3, -0.25) is 0 Å². The van der Waals surface area contributed by atoms with Crippen LogP contribution in [-0.4, -0.2) is 30.2 Å². The fourth-order valence-corrected chi connectivity index (χ4v) is 1.14. The fourth-order valence-electron chi connectivity index (χ4n) is 1.14. The molecule has 0 saturated carbocycles. The van der Waals surface area contributed by atoms with E-state index in [0.29, 0.717) is 5.92 Å². The molecule has 0 aromatic rings. The van der Waals surface area contributed by atoms with Crippen molar-refractivity contribution in [1.82, 2.24) is 4.90 Å². The summed E-state index contributed by atoms with van der Waals surface area (Å²) in [6, 6.07) is 0. The minimum Gasteiger partial charge on any atom is -0.444 e. The molecule has 1 rings (SSSR count). The molecule has 64 valence electrons. The highest BCUT2D eigenvalue weighted by molar-refractivity contribution is 5.69. The standard InChI is InChI=1S/C8H15NO2/c1-4-9-5-7(6(2)3)11-8(9)10/h6-7H,4-5H2,1-3H3/t7-/m0/s1. The van der Waals surface area contributed by atoms with Crippen molar-refractivity contribution in [3.05, 3.63) is 0 Å². The lowest BCUT2D eigenvalue weighted by Gasteiger charge is -2.11. The van der Waals surface area contributed by atoms with Gasteiger partial charge in [0, 0.05) is 6.54 Å². The maximum absolute atomic E-state index is 11.0. The quantitative estimate of drug-likeness (QED) is 0.607. The highest BCUT2D eigenvalue weighted by atomic mass is 16.6. The summed E-state index contributed by atoms with van der Waals surface area (Å²) in [4.78, 5) is 12.8. The normalized spacial score (nSPS) is 24.5. The monoisotopic (exact) mass is 157 g/mol. The van der Waals surface area contributed by atoms with Gasteiger partial charge in [-0.25, -0.2) is 4.79 Å². The second kappa shape index (κ2) is 3.11. The third-order valence-electron chi connectivity index (χ3n) is 2.04. The molecule has 1 aliphatic heterocycles. The van der Waals surface area contributed by atoms with Crippen LogP contribution in [0.25, 0.3) is 0 Å². The van der Waals surface area contributed by atoms with Gasteiger partial charge in [0.25, 0.3) is 0 Å². The summed E-state index contributed by atoms with van der Waals surface area (Å²) < 4.78 is 5.11. The van der Waals surface area contributed by atoms with Crippen LogP contribution in [0, 0.1) is 5.92 Å². The van der Waals surface area contributed by atoms with E-state index in [4.69, 9.17) is 4.74 Å². The van der Waals surface area contributed by atoms with Crippen LogP contribution in [0.2, 0.25) is 0 Å². The first kappa shape index (κ1) is 8.37. The molecule has 0 aromatic heterocycles. The second-order valence-corrected chi connectivity index (χ2v) is 3.20. The summed E-state index contributed by atoms with van der Waals surface area (Å²) in [7, 11) is 0. The predicted octanol–water partition coefficient (Wildman–Crippen LogP) is 1.48. The Morgan fingerprint density at radius 2 is 2.36 bits per heavy atom. The van der Waals surface area contributed by atoms with Crippen molar-refractivity contribution in [1.29, 1.82) is 0 Å². The van der Waals surface area contributed by atoms with Crippen molar-refractivity contribution in [3.8, 4) is 0 Å². The minimum absolute atomic E-state index is 0.0995. The number of amides is 1. The Labute approximate surface area is 67.3 Å². The number of nitrogens with zero attached hydrogens (tertiary/aromatic N) is 1. The Morgan fingerprint density at radius 1 is 1.73 bits per heavy atom. The smallest absolute Gasteiger partial charge is 0.410 e. The summed E-state index contributed by atoms with van der Waals surface area (Å²) in [5.74, 6) is 0.426. The third-order valence-corrected chi connectivity index (χ3v) is 2.04. The van der Waals surface area contributed by atoms with Crippen LogP contribution in [-0.2, 0) is 4.74 Å². The summed E-state index contributed by atoms with van der Waals surface area (Å²) in [6.45, 7) is 7.60. The number of carbonyl (C=O) groups is 1. The Bertz CT molecular complexity index is 156. The maximum Gasteiger partial charge on any atom is 0.410 e. The van der Waals surface area contributed by atoms with Crippen LogP contribution < -0.4 is 0 Å². The first-order valence-electron chi connectivity index (χ1n) is 4.10. The van der Waals surface area contributed by atoms with Crippen LogP contribution in [0.5, 0.6) is 0 Å². The van der Waals surface area contributed by atoms with Crippen LogP contribution in [0.4, 0.5) is 4.79 Å². The van der Waals surface area contributed by atoms with Crippen molar-refractivity contribution < 1.29 is 9.53 Å². The molecular weight excluding hydrogens is 142 g/mol. The van der Waals surface area contributed by atoms with Gasteiger partial charge in [-0.05, 0) is 12.8 Å². The number of rotatable bonds is 2. The van der Waals surface area contributed by atoms with E-state index in [-0.39, 0.29) is 12.2 Å². The summed E-state index contributed by atoms with van der Waals surface area (Å²) in [6.07, 6.45) is -0.0614. The fraction of sp³-hybridized carbons (Fsp3) is 0.875. The van der Waals surface area contributed by atoms with Gasteiger partial charge in [0.2, 0.25) is 0 Å². The Morgan fingerprint density at radius 3 is 2.64 bits per heavy atom. The van der Waals surface area contributed by atoms with E-state index in [1.54, 1.807) is 4.90 Å². The average Bonchev–Trinajstić information content (AvgIpc) is 2.31. The van der Waals surface area contributed by atoms with Gasteiger partial charge in [-0.2, -0.15) is 0 Å². The van der Waals surface area contributed by atoms with Crippen LogP contribution in [0.1, 0.15) is 20.8 Å². The van der Waals surface area contributed by atoms with Gasteiger partial charge >= 0.3 is 6.09 Å². The van der Waals surface area contributed by atoms with Crippen LogP contribution in [0.3, 0.4) is 0 Å². The van der Waals surface area contributed by atoms with E-state index >= 15 is 0 Å². The molecule has 0 unspecified atom stereocenters. The molecule has 3 heteroatoms. The molecule has 1 heterocycles. The molecule has 1 fully saturated rings. The van der Waals surface area contributed by atoms with Gasteiger partial charge < -0.3 is 9.64 Å². The van der Waals surface area contributed by atoms with Crippen molar-refractivity contribution in [2.45, 2.75) is 26.9 Å². The largest absolute Gasteiger partial charge is 0.444 e. The minimum atomic E-state index is -0.161. The van der Waals surface area contributed by atoms with Gasteiger partial charge in [0.05, 0.1) is 6.54 Å². The number of hydrogen-bond acceptors (Lipinski definition) is 2. The number of likely N-dealkylation sites (N-methyl/N-ethyl adjacent to an activating group) is 1. The zero-order valence-corrected chi connectivity index (χ0v) is 7.33. The molecule has 1 atom stereocenters. The summed E-state index contributed by atoms with van der Waals surface area (Å²) in [5, 5.41) is 0. The van der Waals surface area contributed by atoms with Crippen molar-refractivity contribution >= 4 is 6.09 Å². The van der Waals surface area contributed by atoms with Crippen molar-refractivity contribution in [3.63, 3.8) is 0 Å². The molecular formula is C8H15NO2. The average molecular weight is 157 g/mol. The second-order valence-electron chi connectivity index (χ2n) is 3.20. The zero-order valence-electron chi connectivity index (χ0n) is 7.33. The van der Waals surface area contributed by atoms with Crippen molar-refractivity contribution in [2.24, 2.45) is 5.92 Å². The predicted molar refractivity (Wildman–Crippen MR) is 42.4 cm³/mol. The molecule has 1 amide bonds. The van der Waals surface area contributed by atoms with Gasteiger partial charge in [-0.15, -0.1) is 0 Å². The molecule has 1 aliphatic rings. The van der Waals surface area contributed by atoms with E-state index in [9.17, 15) is 4.79 Å². The lowest BCUT2D eigenvalue weighted by atomic mass is 10.1. The molecule has 1 saturated heterocycles. The molecule has 0 aliphatic carbocycles. The third kappa shape index (κ3) is 1.64. The number of hydrogen-bond donors (Lipinski definition) is 0. The highest BCUT2D eigenvalue weighted by Gasteiger charge is 2.31. The Kier molecular flexibility index (Phi) is 2.37. The molecule has 0 bridgehead atoms. The van der Waals surface area contributed by atoms with E-state index in [1.807, 2.05) is 6.92 Å². The highest BCUT2D eigenvalue weighted by Crippen LogP contribution is 2.16. The van der Waals surface area contributed by atoms with E-state index in [1.165, 1.54) is 0 Å². The van der Waals surface area contributed by atoms with Crippen LogP contribution in [0.15, 0.2) is 0 Å². The summed E-state index contributed by atoms with van der Waals surface area (Å²) in [5.41, 5.74) is 0. The Hall–Kier alpha value is -0.730. The lowest BCUT2D eigenvalue weighted by molar-refractivity contribution is 0.112. The van der Waals surface area contributed by atoms with Gasteiger partial charge in [0.1, 0.15) is 6.10 Å². The van der Waals surface area contributed by atoms with E-state index in [0.717, 1.165) is 13.1 Å². The topological polar surface area (TPSA) is 29.5 Å². The summed E-state index contributed by atoms with van der Waals surface area (Å²) >= 11 is 0. The van der Waals surface area contributed by atoms with Crippen LogP contribution >= 0.6 is 0 Å². The molecule has 11 heavy (non-hydrogen) atoms. The zero-order chi connectivity index (χ0) is 8.43. The molecule has 3 nitrogen and oxygen atoms in total. The number of ether oxygens (including phenoxy) is 1. The SMILES string of the molecule is CCN1C[C@@H](C(C)C)OC1=O. The first-order chi connectivity index (χ1) is 5.15. The van der Waals surface area contributed by atoms with E-state index in [2.05, 4.69) is 13.8 Å². The van der Waals surface area contributed by atoms with E-state index < -0.39 is 0 Å². The molecule has 0 N–H and O–H groups in total. The maximum atomic E-state index is 11.0. The molecule has 0 spiro atoms. The molecule has 0 radical (unpaired) electrons. The number of carbonyl (C=O) groups excluding carboxylic acids is 1. The number of cyclic esters (lactones) is 1. The molecule has 0 aromatic carbocycles. The van der Waals surface area contributed by atoms with Gasteiger partial charge in [-0.1, -0.05) is 13.8 Å².